The minimum absolute atomic E-state index is 0.109. The molecule has 1 fully saturated rings. The first-order chi connectivity index (χ1) is 14.6. The summed E-state index contributed by atoms with van der Waals surface area (Å²) in [4.78, 5) is 24.1. The molecule has 1 aliphatic rings. The molecule has 7 nitrogen and oxygen atoms in total. The van der Waals surface area contributed by atoms with Gasteiger partial charge in [-0.25, -0.2) is 26.4 Å². The highest BCUT2D eigenvalue weighted by Crippen LogP contribution is 2.26. The topological polar surface area (TPSA) is 92.8 Å². The Labute approximate surface area is 176 Å². The van der Waals surface area contributed by atoms with Crippen LogP contribution in [0.2, 0.25) is 0 Å². The van der Waals surface area contributed by atoms with Gasteiger partial charge in [-0.15, -0.1) is 0 Å². The number of carbonyl (C=O) groups excluding carboxylic acids is 2. The summed E-state index contributed by atoms with van der Waals surface area (Å²) in [7, 11) is -2.92. The lowest BCUT2D eigenvalue weighted by Gasteiger charge is -2.31. The number of benzene rings is 2. The predicted molar refractivity (Wildman–Crippen MR) is 104 cm³/mol. The van der Waals surface area contributed by atoms with E-state index in [0.29, 0.717) is 18.9 Å². The Balaban J connectivity index is 1.77. The van der Waals surface area contributed by atoms with Crippen LogP contribution in [-0.4, -0.2) is 44.8 Å². The van der Waals surface area contributed by atoms with Crippen molar-refractivity contribution in [2.24, 2.45) is 5.92 Å². The molecule has 0 radical (unpaired) electrons. The van der Waals surface area contributed by atoms with Gasteiger partial charge >= 0.3 is 5.97 Å². The highest BCUT2D eigenvalue weighted by atomic mass is 32.2. The second kappa shape index (κ2) is 9.06. The zero-order chi connectivity index (χ0) is 22.8. The van der Waals surface area contributed by atoms with Gasteiger partial charge in [0.25, 0.3) is 0 Å². The third-order valence-electron chi connectivity index (χ3n) is 4.93. The van der Waals surface area contributed by atoms with Gasteiger partial charge in [0.05, 0.1) is 29.2 Å². The quantitative estimate of drug-likeness (QED) is 0.699. The molecule has 31 heavy (non-hydrogen) atoms. The van der Waals surface area contributed by atoms with Gasteiger partial charge in [0.1, 0.15) is 17.5 Å². The van der Waals surface area contributed by atoms with Crippen LogP contribution in [-0.2, 0) is 19.6 Å². The summed E-state index contributed by atoms with van der Waals surface area (Å²) in [6.45, 7) is -0.000889. The molecular formula is C20H19F3N2O5S. The van der Waals surface area contributed by atoms with Crippen LogP contribution in [0.3, 0.4) is 0 Å². The molecule has 166 valence electrons. The molecule has 1 N–H and O–H groups in total. The Bertz CT molecular complexity index is 1110. The van der Waals surface area contributed by atoms with Crippen molar-refractivity contribution >= 4 is 27.6 Å². The van der Waals surface area contributed by atoms with Crippen molar-refractivity contribution in [2.75, 3.05) is 25.5 Å². The number of methoxy groups -OCH3 is 1. The Kier molecular flexibility index (Phi) is 6.65. The van der Waals surface area contributed by atoms with Crippen LogP contribution in [0.1, 0.15) is 23.2 Å². The number of ether oxygens (including phenoxy) is 1. The van der Waals surface area contributed by atoms with Gasteiger partial charge in [-0.1, -0.05) is 0 Å². The molecule has 0 bridgehead atoms. The number of anilines is 1. The average molecular weight is 456 g/mol. The zero-order valence-corrected chi connectivity index (χ0v) is 17.2. The Morgan fingerprint density at radius 2 is 1.77 bits per heavy atom. The van der Waals surface area contributed by atoms with E-state index in [2.05, 4.69) is 10.1 Å². The lowest BCUT2D eigenvalue weighted by molar-refractivity contribution is -0.120. The number of sulfonamides is 1. The number of amides is 1. The molecule has 1 atom stereocenters. The Hall–Kier alpha value is -2.92. The molecule has 3 rings (SSSR count). The van der Waals surface area contributed by atoms with Gasteiger partial charge in [-0.05, 0) is 43.2 Å². The smallest absolute Gasteiger partial charge is 0.340 e. The molecule has 1 heterocycles. The summed E-state index contributed by atoms with van der Waals surface area (Å²) in [6, 6.07) is 5.60. The van der Waals surface area contributed by atoms with Crippen LogP contribution in [0, 0.1) is 23.4 Å². The molecule has 0 aromatic heterocycles. The van der Waals surface area contributed by atoms with E-state index < -0.39 is 56.5 Å². The number of nitrogens with one attached hydrogen (secondary N) is 1. The van der Waals surface area contributed by atoms with Crippen LogP contribution in [0.4, 0.5) is 18.9 Å². The maximum atomic E-state index is 14.1. The highest BCUT2D eigenvalue weighted by Gasteiger charge is 2.33. The lowest BCUT2D eigenvalue weighted by Crippen LogP contribution is -2.43. The molecule has 0 spiro atoms. The van der Waals surface area contributed by atoms with Gasteiger partial charge in [-0.3, -0.25) is 4.79 Å². The summed E-state index contributed by atoms with van der Waals surface area (Å²) in [5.74, 6) is -5.35. The first kappa shape index (κ1) is 22.8. The third-order valence-corrected chi connectivity index (χ3v) is 6.81. The fourth-order valence-corrected chi connectivity index (χ4v) is 4.80. The van der Waals surface area contributed by atoms with Crippen molar-refractivity contribution < 1.29 is 35.9 Å². The summed E-state index contributed by atoms with van der Waals surface area (Å²) >= 11 is 0. The Morgan fingerprint density at radius 3 is 2.42 bits per heavy atom. The Morgan fingerprint density at radius 1 is 1.10 bits per heavy atom. The molecular weight excluding hydrogens is 437 g/mol. The van der Waals surface area contributed by atoms with E-state index in [4.69, 9.17) is 0 Å². The largest absolute Gasteiger partial charge is 0.465 e. The fraction of sp³-hybridized carbons (Fsp3) is 0.300. The minimum atomic E-state index is -3.95. The number of hydrogen-bond donors (Lipinski definition) is 1. The molecule has 1 saturated heterocycles. The predicted octanol–water partition coefficient (Wildman–Crippen LogP) is 2.93. The van der Waals surface area contributed by atoms with Crippen molar-refractivity contribution in [2.45, 2.75) is 17.7 Å². The van der Waals surface area contributed by atoms with Gasteiger partial charge in [-0.2, -0.15) is 4.31 Å². The van der Waals surface area contributed by atoms with Crippen LogP contribution >= 0.6 is 0 Å². The molecule has 0 unspecified atom stereocenters. The number of esters is 1. The molecule has 2 aromatic rings. The SMILES string of the molecule is COC(=O)c1cc(NC(=O)[C@@H]2CCCN(S(=O)(=O)c3ccc(F)cc3)C2)c(F)cc1F. The van der Waals surface area contributed by atoms with Gasteiger partial charge in [0.2, 0.25) is 15.9 Å². The van der Waals surface area contributed by atoms with Crippen molar-refractivity contribution in [3.05, 3.63) is 59.4 Å². The number of rotatable bonds is 5. The maximum Gasteiger partial charge on any atom is 0.340 e. The standard InChI is InChI=1S/C20H19F3N2O5S/c1-30-20(27)15-9-18(17(23)10-16(15)22)24-19(26)12-3-2-8-25(11-12)31(28,29)14-6-4-13(21)5-7-14/h4-7,9-10,12H,2-3,8,11H2,1H3,(H,24,26)/t12-/m1/s1. The van der Waals surface area contributed by atoms with E-state index in [1.165, 1.54) is 0 Å². The third kappa shape index (κ3) is 4.88. The number of halogens is 3. The number of carbonyl (C=O) groups is 2. The molecule has 2 aromatic carbocycles. The van der Waals surface area contributed by atoms with Crippen molar-refractivity contribution in [1.82, 2.24) is 4.31 Å². The fourth-order valence-electron chi connectivity index (χ4n) is 3.28. The number of nitrogens with zero attached hydrogens (tertiary/aromatic N) is 1. The van der Waals surface area contributed by atoms with E-state index in [9.17, 15) is 31.2 Å². The summed E-state index contributed by atoms with van der Waals surface area (Å²) in [5.41, 5.74) is -0.978. The van der Waals surface area contributed by atoms with Crippen molar-refractivity contribution in [3.63, 3.8) is 0 Å². The highest BCUT2D eigenvalue weighted by molar-refractivity contribution is 7.89. The molecule has 1 aliphatic heterocycles. The number of piperidine rings is 1. The monoisotopic (exact) mass is 456 g/mol. The normalized spacial score (nSPS) is 17.2. The van der Waals surface area contributed by atoms with E-state index in [1.54, 1.807) is 0 Å². The maximum absolute atomic E-state index is 14.1. The van der Waals surface area contributed by atoms with E-state index >= 15 is 0 Å². The van der Waals surface area contributed by atoms with E-state index in [0.717, 1.165) is 41.7 Å². The van der Waals surface area contributed by atoms with Crippen molar-refractivity contribution in [3.8, 4) is 0 Å². The second-order valence-electron chi connectivity index (χ2n) is 6.95. The molecule has 1 amide bonds. The first-order valence-electron chi connectivity index (χ1n) is 9.27. The summed E-state index contributed by atoms with van der Waals surface area (Å²) in [6.07, 6.45) is 0.714. The average Bonchev–Trinajstić information content (AvgIpc) is 2.75. The van der Waals surface area contributed by atoms with E-state index in [1.807, 2.05) is 0 Å². The second-order valence-corrected chi connectivity index (χ2v) is 8.89. The molecule has 0 saturated carbocycles. The first-order valence-corrected chi connectivity index (χ1v) is 10.7. The summed E-state index contributed by atoms with van der Waals surface area (Å²) in [5, 5.41) is 2.29. The van der Waals surface area contributed by atoms with Crippen LogP contribution in [0.5, 0.6) is 0 Å². The van der Waals surface area contributed by atoms with Crippen LogP contribution in [0.15, 0.2) is 41.3 Å². The number of hydrogen-bond acceptors (Lipinski definition) is 5. The van der Waals surface area contributed by atoms with E-state index in [-0.39, 0.29) is 18.0 Å². The minimum Gasteiger partial charge on any atom is -0.465 e. The van der Waals surface area contributed by atoms with Gasteiger partial charge < -0.3 is 10.1 Å². The lowest BCUT2D eigenvalue weighted by atomic mass is 9.98. The van der Waals surface area contributed by atoms with Crippen LogP contribution in [0.25, 0.3) is 0 Å². The zero-order valence-electron chi connectivity index (χ0n) is 16.4. The van der Waals surface area contributed by atoms with Crippen LogP contribution < -0.4 is 5.32 Å². The molecule has 11 heteroatoms. The van der Waals surface area contributed by atoms with Gasteiger partial charge in [0, 0.05) is 19.2 Å². The molecule has 0 aliphatic carbocycles. The van der Waals surface area contributed by atoms with Gasteiger partial charge in [0.15, 0.2) is 0 Å². The summed E-state index contributed by atoms with van der Waals surface area (Å²) < 4.78 is 72.1. The van der Waals surface area contributed by atoms with Crippen molar-refractivity contribution in [1.29, 1.82) is 0 Å².